The molecule has 0 radical (unpaired) electrons. The molecule has 0 bridgehead atoms. The monoisotopic (exact) mass is 329 g/mol. The third-order valence-corrected chi connectivity index (χ3v) is 2.90. The van der Waals surface area contributed by atoms with Gasteiger partial charge in [0.1, 0.15) is 12.1 Å². The molecule has 0 aliphatic carbocycles. The molecule has 0 aliphatic heterocycles. The van der Waals surface area contributed by atoms with Gasteiger partial charge in [0.05, 0.1) is 9.26 Å². The lowest BCUT2D eigenvalue weighted by Crippen LogP contribution is -2.08. The maximum absolute atomic E-state index is 4.31. The van der Waals surface area contributed by atoms with Crippen molar-refractivity contribution in [2.24, 2.45) is 7.05 Å². The number of halogens is 1. The van der Waals surface area contributed by atoms with E-state index in [0.717, 1.165) is 28.0 Å². The molecule has 0 amide bonds. The Kier molecular flexibility index (Phi) is 3.70. The lowest BCUT2D eigenvalue weighted by molar-refractivity contribution is 0.742. The van der Waals surface area contributed by atoms with Gasteiger partial charge in [0.25, 0.3) is 0 Å². The van der Waals surface area contributed by atoms with Gasteiger partial charge in [-0.3, -0.25) is 4.68 Å². The van der Waals surface area contributed by atoms with Crippen LogP contribution in [0.3, 0.4) is 0 Å². The second-order valence-electron chi connectivity index (χ2n) is 3.38. The Labute approximate surface area is 107 Å². The molecule has 84 valence electrons. The Hall–Kier alpha value is -1.18. The van der Waals surface area contributed by atoms with E-state index in [1.807, 2.05) is 24.0 Å². The molecule has 0 fully saturated rings. The number of rotatable bonds is 4. The highest BCUT2D eigenvalue weighted by molar-refractivity contribution is 14.1. The summed E-state index contributed by atoms with van der Waals surface area (Å²) >= 11 is 2.21. The summed E-state index contributed by atoms with van der Waals surface area (Å²) in [7, 11) is 1.92. The molecule has 0 aromatic carbocycles. The van der Waals surface area contributed by atoms with Gasteiger partial charge >= 0.3 is 0 Å². The lowest BCUT2D eigenvalue weighted by Gasteiger charge is -2.05. The fourth-order valence-corrected chi connectivity index (χ4v) is 1.84. The summed E-state index contributed by atoms with van der Waals surface area (Å²) in [6.07, 6.45) is 6.17. The second kappa shape index (κ2) is 5.24. The average Bonchev–Trinajstić information content (AvgIpc) is 2.67. The van der Waals surface area contributed by atoms with Gasteiger partial charge in [0.2, 0.25) is 0 Å². The van der Waals surface area contributed by atoms with Crippen molar-refractivity contribution in [3.05, 3.63) is 34.1 Å². The summed E-state index contributed by atoms with van der Waals surface area (Å²) in [6.45, 7) is 0.823. The highest BCUT2D eigenvalue weighted by Gasteiger charge is 2.00. The van der Waals surface area contributed by atoms with Crippen LogP contribution in [-0.4, -0.2) is 26.3 Å². The maximum atomic E-state index is 4.31. The molecule has 0 saturated carbocycles. The van der Waals surface area contributed by atoms with Crippen molar-refractivity contribution in [3.63, 3.8) is 0 Å². The largest absolute Gasteiger partial charge is 0.369 e. The van der Waals surface area contributed by atoms with E-state index in [1.165, 1.54) is 0 Å². The van der Waals surface area contributed by atoms with Gasteiger partial charge in [-0.25, -0.2) is 9.97 Å². The van der Waals surface area contributed by atoms with Crippen LogP contribution in [0.5, 0.6) is 0 Å². The Morgan fingerprint density at radius 3 is 3.06 bits per heavy atom. The third-order valence-electron chi connectivity index (χ3n) is 2.11. The predicted molar refractivity (Wildman–Crippen MR) is 70.2 cm³/mol. The molecule has 0 unspecified atom stereocenters. The maximum Gasteiger partial charge on any atom is 0.142 e. The predicted octanol–water partition coefficient (Wildman–Crippen LogP) is 1.47. The SMILES string of the molecule is Cn1ccc(CCNc2ncncc2I)n1. The molecule has 0 spiro atoms. The lowest BCUT2D eigenvalue weighted by atomic mass is 10.3. The number of nitrogens with one attached hydrogen (secondary N) is 1. The van der Waals surface area contributed by atoms with E-state index in [-0.39, 0.29) is 0 Å². The van der Waals surface area contributed by atoms with Crippen LogP contribution in [-0.2, 0) is 13.5 Å². The van der Waals surface area contributed by atoms with Crippen molar-refractivity contribution in [2.45, 2.75) is 6.42 Å². The molecule has 0 saturated heterocycles. The Morgan fingerprint density at radius 2 is 2.38 bits per heavy atom. The van der Waals surface area contributed by atoms with E-state index in [4.69, 9.17) is 0 Å². The Balaban J connectivity index is 1.87. The van der Waals surface area contributed by atoms with Crippen LogP contribution in [0.25, 0.3) is 0 Å². The van der Waals surface area contributed by atoms with Gasteiger partial charge in [-0.05, 0) is 28.7 Å². The van der Waals surface area contributed by atoms with Gasteiger partial charge in [-0.15, -0.1) is 0 Å². The number of aryl methyl sites for hydroxylation is 1. The fraction of sp³-hybridized carbons (Fsp3) is 0.300. The molecule has 2 heterocycles. The van der Waals surface area contributed by atoms with Crippen molar-refractivity contribution in [2.75, 3.05) is 11.9 Å². The van der Waals surface area contributed by atoms with Crippen LogP contribution < -0.4 is 5.32 Å². The molecule has 6 heteroatoms. The first-order valence-electron chi connectivity index (χ1n) is 4.93. The zero-order valence-corrected chi connectivity index (χ0v) is 11.0. The van der Waals surface area contributed by atoms with Gasteiger partial charge in [-0.1, -0.05) is 0 Å². The van der Waals surface area contributed by atoms with Crippen LogP contribution in [0.1, 0.15) is 5.69 Å². The van der Waals surface area contributed by atoms with E-state index in [2.05, 4.69) is 43.0 Å². The normalized spacial score (nSPS) is 10.4. The number of anilines is 1. The van der Waals surface area contributed by atoms with Crippen molar-refractivity contribution in [3.8, 4) is 0 Å². The summed E-state index contributed by atoms with van der Waals surface area (Å²) in [5.41, 5.74) is 1.08. The molecular formula is C10H12IN5. The highest BCUT2D eigenvalue weighted by Crippen LogP contribution is 2.12. The van der Waals surface area contributed by atoms with Crippen LogP contribution in [0, 0.1) is 3.57 Å². The summed E-state index contributed by atoms with van der Waals surface area (Å²) in [4.78, 5) is 8.10. The minimum Gasteiger partial charge on any atom is -0.369 e. The minimum absolute atomic E-state index is 0.823. The minimum atomic E-state index is 0.823. The van der Waals surface area contributed by atoms with E-state index in [0.29, 0.717) is 0 Å². The Morgan fingerprint density at radius 1 is 1.50 bits per heavy atom. The molecule has 2 aromatic heterocycles. The molecular weight excluding hydrogens is 317 g/mol. The second-order valence-corrected chi connectivity index (χ2v) is 4.54. The van der Waals surface area contributed by atoms with Crippen molar-refractivity contribution >= 4 is 28.4 Å². The molecule has 5 nitrogen and oxygen atoms in total. The Bertz CT molecular complexity index is 468. The number of hydrogen-bond acceptors (Lipinski definition) is 4. The number of aromatic nitrogens is 4. The van der Waals surface area contributed by atoms with Gasteiger partial charge in [0.15, 0.2) is 0 Å². The van der Waals surface area contributed by atoms with Gasteiger partial charge in [-0.2, -0.15) is 5.10 Å². The number of hydrogen-bond donors (Lipinski definition) is 1. The van der Waals surface area contributed by atoms with Crippen LogP contribution in [0.4, 0.5) is 5.82 Å². The zero-order chi connectivity index (χ0) is 11.4. The van der Waals surface area contributed by atoms with Crippen molar-refractivity contribution in [1.29, 1.82) is 0 Å². The summed E-state index contributed by atoms with van der Waals surface area (Å²) in [5.74, 6) is 0.881. The van der Waals surface area contributed by atoms with Crippen LogP contribution in [0.2, 0.25) is 0 Å². The fourth-order valence-electron chi connectivity index (χ4n) is 1.35. The van der Waals surface area contributed by atoms with Crippen molar-refractivity contribution in [1.82, 2.24) is 19.7 Å². The zero-order valence-electron chi connectivity index (χ0n) is 8.89. The van der Waals surface area contributed by atoms with E-state index >= 15 is 0 Å². The van der Waals surface area contributed by atoms with Crippen LogP contribution >= 0.6 is 22.6 Å². The topological polar surface area (TPSA) is 55.6 Å². The summed E-state index contributed by atoms with van der Waals surface area (Å²) in [5, 5.41) is 7.57. The molecule has 0 aliphatic rings. The van der Waals surface area contributed by atoms with E-state index in [9.17, 15) is 0 Å². The standard InChI is InChI=1S/C10H12IN5/c1-16-5-3-8(15-16)2-4-13-10-9(11)6-12-7-14-10/h3,5-7H,2,4H2,1H3,(H,12,13,14). The van der Waals surface area contributed by atoms with Crippen molar-refractivity contribution < 1.29 is 0 Å². The molecule has 2 aromatic rings. The molecule has 0 atom stereocenters. The molecule has 2 rings (SSSR count). The highest BCUT2D eigenvalue weighted by atomic mass is 127. The smallest absolute Gasteiger partial charge is 0.142 e. The first-order valence-corrected chi connectivity index (χ1v) is 6.01. The quantitative estimate of drug-likeness (QED) is 0.863. The number of nitrogens with zero attached hydrogens (tertiary/aromatic N) is 4. The van der Waals surface area contributed by atoms with Gasteiger partial charge in [0, 0.05) is 32.4 Å². The third kappa shape index (κ3) is 2.91. The molecule has 1 N–H and O–H groups in total. The van der Waals surface area contributed by atoms with Crippen LogP contribution in [0.15, 0.2) is 24.8 Å². The van der Waals surface area contributed by atoms with Gasteiger partial charge < -0.3 is 5.32 Å². The first-order chi connectivity index (χ1) is 7.75. The van der Waals surface area contributed by atoms with E-state index < -0.39 is 0 Å². The van der Waals surface area contributed by atoms with E-state index in [1.54, 1.807) is 12.5 Å². The summed E-state index contributed by atoms with van der Waals surface area (Å²) < 4.78 is 2.84. The summed E-state index contributed by atoms with van der Waals surface area (Å²) in [6, 6.07) is 2.02. The first kappa shape index (κ1) is 11.3. The molecule has 16 heavy (non-hydrogen) atoms. The average molecular weight is 329 g/mol.